The van der Waals surface area contributed by atoms with Crippen LogP contribution in [0.5, 0.6) is 0 Å². The molecule has 116 valence electrons. The highest BCUT2D eigenvalue weighted by atomic mass is 16.5. The standard InChI is InChI=1S/C16H29NO3/c1-5-15(3,4)14(19)17-9-7-16(8-10-17)12(18)11-13(16)20-6-2/h12-13,18H,5-11H2,1-4H3. The average Bonchev–Trinajstić information content (AvgIpc) is 2.46. The third-order valence-electron chi connectivity index (χ3n) is 5.55. The number of rotatable bonds is 4. The van der Waals surface area contributed by atoms with Crippen LogP contribution < -0.4 is 0 Å². The van der Waals surface area contributed by atoms with Crippen molar-refractivity contribution in [1.29, 1.82) is 0 Å². The second-order valence-electron chi connectivity index (χ2n) is 6.96. The van der Waals surface area contributed by atoms with Gasteiger partial charge in [0.15, 0.2) is 0 Å². The van der Waals surface area contributed by atoms with E-state index in [4.69, 9.17) is 4.74 Å². The zero-order valence-electron chi connectivity index (χ0n) is 13.3. The Morgan fingerprint density at radius 2 is 1.95 bits per heavy atom. The van der Waals surface area contributed by atoms with Gasteiger partial charge in [-0.25, -0.2) is 0 Å². The first-order valence-corrected chi connectivity index (χ1v) is 7.96. The summed E-state index contributed by atoms with van der Waals surface area (Å²) in [5, 5.41) is 10.2. The molecule has 1 N–H and O–H groups in total. The van der Waals surface area contributed by atoms with E-state index in [9.17, 15) is 9.90 Å². The van der Waals surface area contributed by atoms with E-state index in [-0.39, 0.29) is 28.9 Å². The average molecular weight is 283 g/mol. The summed E-state index contributed by atoms with van der Waals surface area (Å²) in [7, 11) is 0. The predicted molar refractivity (Wildman–Crippen MR) is 78.4 cm³/mol. The molecule has 0 radical (unpaired) electrons. The van der Waals surface area contributed by atoms with Gasteiger partial charge in [-0.1, -0.05) is 20.8 Å². The Bertz CT molecular complexity index is 357. The van der Waals surface area contributed by atoms with Crippen LogP contribution in [0.2, 0.25) is 0 Å². The Balaban J connectivity index is 1.97. The highest BCUT2D eigenvalue weighted by Gasteiger charge is 2.56. The number of aliphatic hydroxyl groups is 1. The van der Waals surface area contributed by atoms with Crippen LogP contribution in [-0.4, -0.2) is 47.8 Å². The van der Waals surface area contributed by atoms with Crippen molar-refractivity contribution < 1.29 is 14.6 Å². The smallest absolute Gasteiger partial charge is 0.228 e. The van der Waals surface area contributed by atoms with Gasteiger partial charge in [0.2, 0.25) is 5.91 Å². The molecule has 1 spiro atoms. The Hall–Kier alpha value is -0.610. The van der Waals surface area contributed by atoms with Gasteiger partial charge in [-0.3, -0.25) is 4.79 Å². The van der Waals surface area contributed by atoms with Crippen LogP contribution in [0.4, 0.5) is 0 Å². The first kappa shape index (κ1) is 15.8. The minimum absolute atomic E-state index is 0.0941. The summed E-state index contributed by atoms with van der Waals surface area (Å²) >= 11 is 0. The van der Waals surface area contributed by atoms with Crippen LogP contribution in [0.15, 0.2) is 0 Å². The lowest BCUT2D eigenvalue weighted by Crippen LogP contribution is -2.63. The molecule has 2 atom stereocenters. The molecule has 4 nitrogen and oxygen atoms in total. The third-order valence-corrected chi connectivity index (χ3v) is 5.55. The van der Waals surface area contributed by atoms with Crippen molar-refractivity contribution in [2.24, 2.45) is 10.8 Å². The molecule has 1 aliphatic heterocycles. The topological polar surface area (TPSA) is 49.8 Å². The highest BCUT2D eigenvalue weighted by Crippen LogP contribution is 2.51. The van der Waals surface area contributed by atoms with Gasteiger partial charge in [0.05, 0.1) is 12.2 Å². The number of amides is 1. The van der Waals surface area contributed by atoms with E-state index in [1.54, 1.807) is 0 Å². The normalized spacial score (nSPS) is 29.4. The fraction of sp³-hybridized carbons (Fsp3) is 0.938. The van der Waals surface area contributed by atoms with E-state index in [0.29, 0.717) is 6.61 Å². The number of nitrogens with zero attached hydrogens (tertiary/aromatic N) is 1. The quantitative estimate of drug-likeness (QED) is 0.860. The van der Waals surface area contributed by atoms with Crippen molar-refractivity contribution in [2.75, 3.05) is 19.7 Å². The number of hydrogen-bond donors (Lipinski definition) is 1. The first-order valence-electron chi connectivity index (χ1n) is 7.96. The fourth-order valence-corrected chi connectivity index (χ4v) is 3.52. The molecule has 1 aliphatic carbocycles. The van der Waals surface area contributed by atoms with Crippen LogP contribution in [0.3, 0.4) is 0 Å². The van der Waals surface area contributed by atoms with Gasteiger partial charge < -0.3 is 14.7 Å². The van der Waals surface area contributed by atoms with E-state index in [1.807, 2.05) is 25.7 Å². The molecule has 1 amide bonds. The maximum absolute atomic E-state index is 12.5. The van der Waals surface area contributed by atoms with Crippen molar-refractivity contribution in [2.45, 2.75) is 65.6 Å². The summed E-state index contributed by atoms with van der Waals surface area (Å²) in [5.74, 6) is 0.247. The van der Waals surface area contributed by atoms with Gasteiger partial charge in [0, 0.05) is 36.9 Å². The van der Waals surface area contributed by atoms with Crippen molar-refractivity contribution in [3.63, 3.8) is 0 Å². The van der Waals surface area contributed by atoms with Crippen LogP contribution in [0.1, 0.15) is 53.4 Å². The van der Waals surface area contributed by atoms with E-state index in [1.165, 1.54) is 0 Å². The molecule has 4 heteroatoms. The lowest BCUT2D eigenvalue weighted by atomic mass is 9.58. The van der Waals surface area contributed by atoms with Crippen LogP contribution >= 0.6 is 0 Å². The summed E-state index contributed by atoms with van der Waals surface area (Å²) in [6.07, 6.45) is 3.27. The minimum Gasteiger partial charge on any atom is -0.392 e. The number of piperidine rings is 1. The Morgan fingerprint density at radius 3 is 2.40 bits per heavy atom. The Labute approximate surface area is 122 Å². The van der Waals surface area contributed by atoms with Crippen LogP contribution in [0, 0.1) is 10.8 Å². The predicted octanol–water partition coefficient (Wildman–Crippen LogP) is 2.20. The fourth-order valence-electron chi connectivity index (χ4n) is 3.52. The summed E-state index contributed by atoms with van der Waals surface area (Å²) in [6, 6.07) is 0. The maximum atomic E-state index is 12.5. The van der Waals surface area contributed by atoms with E-state index in [0.717, 1.165) is 38.8 Å². The summed E-state index contributed by atoms with van der Waals surface area (Å²) in [4.78, 5) is 14.5. The van der Waals surface area contributed by atoms with E-state index >= 15 is 0 Å². The molecule has 2 unspecified atom stereocenters. The van der Waals surface area contributed by atoms with Crippen molar-refractivity contribution in [3.8, 4) is 0 Å². The molecule has 2 aliphatic rings. The monoisotopic (exact) mass is 283 g/mol. The number of hydrogen-bond acceptors (Lipinski definition) is 3. The number of likely N-dealkylation sites (tertiary alicyclic amines) is 1. The van der Waals surface area contributed by atoms with Crippen molar-refractivity contribution >= 4 is 5.91 Å². The molecular formula is C16H29NO3. The second kappa shape index (κ2) is 5.64. The molecule has 0 aromatic carbocycles. The van der Waals surface area contributed by atoms with Gasteiger partial charge in [-0.2, -0.15) is 0 Å². The van der Waals surface area contributed by atoms with Crippen molar-refractivity contribution in [1.82, 2.24) is 4.90 Å². The lowest BCUT2D eigenvalue weighted by Gasteiger charge is -2.57. The van der Waals surface area contributed by atoms with Gasteiger partial charge in [-0.15, -0.1) is 0 Å². The number of aliphatic hydroxyl groups excluding tert-OH is 1. The summed E-state index contributed by atoms with van der Waals surface area (Å²) in [5.41, 5.74) is -0.370. The summed E-state index contributed by atoms with van der Waals surface area (Å²) in [6.45, 7) is 10.3. The number of carbonyl (C=O) groups excluding carboxylic acids is 1. The van der Waals surface area contributed by atoms with Gasteiger partial charge in [0.1, 0.15) is 0 Å². The second-order valence-corrected chi connectivity index (χ2v) is 6.96. The van der Waals surface area contributed by atoms with E-state index < -0.39 is 0 Å². The van der Waals surface area contributed by atoms with Crippen LogP contribution in [0.25, 0.3) is 0 Å². The number of carbonyl (C=O) groups is 1. The Morgan fingerprint density at radius 1 is 1.35 bits per heavy atom. The summed E-state index contributed by atoms with van der Waals surface area (Å²) < 4.78 is 5.76. The molecule has 1 heterocycles. The first-order chi connectivity index (χ1) is 9.37. The van der Waals surface area contributed by atoms with Crippen molar-refractivity contribution in [3.05, 3.63) is 0 Å². The molecule has 2 fully saturated rings. The molecular weight excluding hydrogens is 254 g/mol. The largest absolute Gasteiger partial charge is 0.392 e. The Kier molecular flexibility index (Phi) is 4.45. The third kappa shape index (κ3) is 2.48. The highest BCUT2D eigenvalue weighted by molar-refractivity contribution is 5.82. The van der Waals surface area contributed by atoms with Gasteiger partial charge >= 0.3 is 0 Å². The molecule has 1 saturated carbocycles. The zero-order valence-corrected chi connectivity index (χ0v) is 13.3. The lowest BCUT2D eigenvalue weighted by molar-refractivity contribution is -0.211. The molecule has 1 saturated heterocycles. The minimum atomic E-state index is -0.276. The molecule has 0 aromatic heterocycles. The van der Waals surface area contributed by atoms with E-state index in [2.05, 4.69) is 6.92 Å². The molecule has 2 rings (SSSR count). The van der Waals surface area contributed by atoms with Gasteiger partial charge in [0.25, 0.3) is 0 Å². The molecule has 0 bridgehead atoms. The zero-order chi connectivity index (χ0) is 15.0. The SMILES string of the molecule is CCOC1CC(O)C12CCN(C(=O)C(C)(C)CC)CC2. The number of ether oxygens (including phenoxy) is 1. The van der Waals surface area contributed by atoms with Crippen LogP contribution in [-0.2, 0) is 9.53 Å². The molecule has 20 heavy (non-hydrogen) atoms. The maximum Gasteiger partial charge on any atom is 0.228 e. The van der Waals surface area contributed by atoms with Gasteiger partial charge in [-0.05, 0) is 26.2 Å². The molecule has 0 aromatic rings.